The predicted octanol–water partition coefficient (Wildman–Crippen LogP) is 1.77. The molecule has 7 heteroatoms. The van der Waals surface area contributed by atoms with Crippen LogP contribution in [0.5, 0.6) is 0 Å². The molecule has 0 saturated heterocycles. The van der Waals surface area contributed by atoms with Crippen molar-refractivity contribution in [3.05, 3.63) is 33.9 Å². The van der Waals surface area contributed by atoms with Crippen LogP contribution in [0.4, 0.5) is 11.4 Å². The monoisotopic (exact) mass is 263 g/mol. The van der Waals surface area contributed by atoms with Crippen LogP contribution in [0, 0.1) is 21.4 Å². The highest BCUT2D eigenvalue weighted by atomic mass is 16.6. The Labute approximate surface area is 109 Å². The number of benzene rings is 1. The van der Waals surface area contributed by atoms with Crippen LogP contribution in [0.3, 0.4) is 0 Å². The van der Waals surface area contributed by atoms with E-state index in [9.17, 15) is 14.9 Å². The molecule has 0 aliphatic heterocycles. The maximum absolute atomic E-state index is 10.9. The van der Waals surface area contributed by atoms with Crippen LogP contribution in [-0.2, 0) is 4.79 Å². The summed E-state index contributed by atoms with van der Waals surface area (Å²) >= 11 is 0. The highest BCUT2D eigenvalue weighted by Gasteiger charge is 2.20. The molecule has 1 N–H and O–H groups in total. The van der Waals surface area contributed by atoms with Crippen LogP contribution in [0.25, 0.3) is 0 Å². The third-order valence-electron chi connectivity index (χ3n) is 2.56. The Hall–Kier alpha value is -2.62. The molecule has 0 heterocycles. The number of anilines is 1. The summed E-state index contributed by atoms with van der Waals surface area (Å²) in [4.78, 5) is 22.5. The number of hydrogen-bond acceptors (Lipinski definition) is 5. The number of hydrogen-bond donors (Lipinski definition) is 1. The average Bonchev–Trinajstić information content (AvgIpc) is 2.34. The van der Waals surface area contributed by atoms with Gasteiger partial charge in [0.2, 0.25) is 0 Å². The zero-order valence-corrected chi connectivity index (χ0v) is 10.5. The molecule has 7 nitrogen and oxygen atoms in total. The third kappa shape index (κ3) is 3.42. The SMILES string of the molecule is CC(C)N(CC(=O)O)c1ccc(C#N)c([N+](=O)[O-])c1. The van der Waals surface area contributed by atoms with Crippen molar-refractivity contribution in [1.82, 2.24) is 0 Å². The van der Waals surface area contributed by atoms with Crippen molar-refractivity contribution >= 4 is 17.3 Å². The summed E-state index contributed by atoms with van der Waals surface area (Å²) in [6.45, 7) is 3.31. The van der Waals surface area contributed by atoms with Crippen LogP contribution in [0.1, 0.15) is 19.4 Å². The van der Waals surface area contributed by atoms with Crippen LogP contribution in [0.15, 0.2) is 18.2 Å². The van der Waals surface area contributed by atoms with Gasteiger partial charge >= 0.3 is 5.97 Å². The number of nitriles is 1. The average molecular weight is 263 g/mol. The summed E-state index contributed by atoms with van der Waals surface area (Å²) in [5.74, 6) is -1.03. The second kappa shape index (κ2) is 5.82. The van der Waals surface area contributed by atoms with E-state index in [-0.39, 0.29) is 23.8 Å². The Morgan fingerprint density at radius 2 is 2.21 bits per heavy atom. The molecule has 0 bridgehead atoms. The van der Waals surface area contributed by atoms with E-state index >= 15 is 0 Å². The molecular formula is C12H13N3O4. The summed E-state index contributed by atoms with van der Waals surface area (Å²) in [5, 5.41) is 28.5. The lowest BCUT2D eigenvalue weighted by molar-refractivity contribution is -0.385. The van der Waals surface area contributed by atoms with E-state index in [2.05, 4.69) is 0 Å². The van der Waals surface area contributed by atoms with E-state index in [0.29, 0.717) is 5.69 Å². The van der Waals surface area contributed by atoms with Crippen LogP contribution < -0.4 is 4.90 Å². The molecule has 0 unspecified atom stereocenters. The van der Waals surface area contributed by atoms with Crippen molar-refractivity contribution in [2.75, 3.05) is 11.4 Å². The predicted molar refractivity (Wildman–Crippen MR) is 67.9 cm³/mol. The van der Waals surface area contributed by atoms with Gasteiger partial charge in [0.1, 0.15) is 18.2 Å². The van der Waals surface area contributed by atoms with Crippen LogP contribution in [0.2, 0.25) is 0 Å². The van der Waals surface area contributed by atoms with Gasteiger partial charge in [-0.25, -0.2) is 0 Å². The first-order chi connectivity index (χ1) is 8.86. The topological polar surface area (TPSA) is 107 Å². The van der Waals surface area contributed by atoms with E-state index in [4.69, 9.17) is 10.4 Å². The van der Waals surface area contributed by atoms with Gasteiger partial charge in [-0.2, -0.15) is 5.26 Å². The number of carboxylic acid groups (broad SMARTS) is 1. The quantitative estimate of drug-likeness (QED) is 0.640. The largest absolute Gasteiger partial charge is 0.480 e. The first-order valence-electron chi connectivity index (χ1n) is 5.53. The molecule has 0 aromatic heterocycles. The minimum atomic E-state index is -1.03. The number of aliphatic carboxylic acids is 1. The smallest absolute Gasteiger partial charge is 0.323 e. The van der Waals surface area contributed by atoms with Crippen molar-refractivity contribution < 1.29 is 14.8 Å². The standard InChI is InChI=1S/C12H13N3O4/c1-8(2)14(7-12(16)17)10-4-3-9(6-13)11(5-10)15(18)19/h3-5,8H,7H2,1-2H3,(H,16,17). The highest BCUT2D eigenvalue weighted by Crippen LogP contribution is 2.26. The van der Waals surface area contributed by atoms with Crippen molar-refractivity contribution in [2.24, 2.45) is 0 Å². The van der Waals surface area contributed by atoms with Gasteiger partial charge in [0.05, 0.1) is 4.92 Å². The van der Waals surface area contributed by atoms with Gasteiger partial charge in [0.15, 0.2) is 0 Å². The lowest BCUT2D eigenvalue weighted by Crippen LogP contribution is -2.35. The van der Waals surface area contributed by atoms with Gasteiger partial charge in [-0.1, -0.05) is 0 Å². The van der Waals surface area contributed by atoms with Gasteiger partial charge in [-0.15, -0.1) is 0 Å². The Morgan fingerprint density at radius 1 is 1.58 bits per heavy atom. The molecule has 0 spiro atoms. The summed E-state index contributed by atoms with van der Waals surface area (Å²) < 4.78 is 0. The van der Waals surface area contributed by atoms with Gasteiger partial charge in [-0.05, 0) is 26.0 Å². The molecular weight excluding hydrogens is 250 g/mol. The molecule has 1 rings (SSSR count). The summed E-state index contributed by atoms with van der Waals surface area (Å²) in [5.41, 5.74) is 0.0342. The highest BCUT2D eigenvalue weighted by molar-refractivity contribution is 5.74. The first-order valence-corrected chi connectivity index (χ1v) is 5.53. The molecule has 0 radical (unpaired) electrons. The molecule has 19 heavy (non-hydrogen) atoms. The van der Waals surface area contributed by atoms with E-state index < -0.39 is 10.9 Å². The van der Waals surface area contributed by atoms with Gasteiger partial charge < -0.3 is 10.0 Å². The minimum Gasteiger partial charge on any atom is -0.480 e. The Balaban J connectivity index is 3.26. The molecule has 0 aliphatic rings. The van der Waals surface area contributed by atoms with Crippen LogP contribution >= 0.6 is 0 Å². The molecule has 1 aromatic carbocycles. The summed E-state index contributed by atoms with van der Waals surface area (Å²) in [7, 11) is 0. The molecule has 0 amide bonds. The number of rotatable bonds is 5. The third-order valence-corrected chi connectivity index (χ3v) is 2.56. The lowest BCUT2D eigenvalue weighted by atomic mass is 10.1. The number of nitro groups is 1. The fourth-order valence-electron chi connectivity index (χ4n) is 1.66. The summed E-state index contributed by atoms with van der Waals surface area (Å²) in [6, 6.07) is 5.66. The van der Waals surface area contributed by atoms with Crippen molar-refractivity contribution in [3.8, 4) is 6.07 Å². The van der Waals surface area contributed by atoms with Gasteiger partial charge in [0, 0.05) is 17.8 Å². The van der Waals surface area contributed by atoms with E-state index in [1.807, 2.05) is 0 Å². The van der Waals surface area contributed by atoms with Crippen molar-refractivity contribution in [1.29, 1.82) is 5.26 Å². The molecule has 0 atom stereocenters. The number of nitrogens with zero attached hydrogens (tertiary/aromatic N) is 3. The number of carboxylic acids is 1. The molecule has 100 valence electrons. The Morgan fingerprint density at radius 3 is 2.63 bits per heavy atom. The summed E-state index contributed by atoms with van der Waals surface area (Å²) in [6.07, 6.45) is 0. The molecule has 1 aromatic rings. The number of carbonyl (C=O) groups is 1. The zero-order chi connectivity index (χ0) is 14.6. The maximum Gasteiger partial charge on any atom is 0.323 e. The van der Waals surface area contributed by atoms with Crippen molar-refractivity contribution in [3.63, 3.8) is 0 Å². The second-order valence-electron chi connectivity index (χ2n) is 4.19. The van der Waals surface area contributed by atoms with Gasteiger partial charge in [-0.3, -0.25) is 14.9 Å². The van der Waals surface area contributed by atoms with E-state index in [1.54, 1.807) is 19.9 Å². The van der Waals surface area contributed by atoms with E-state index in [0.717, 1.165) is 0 Å². The minimum absolute atomic E-state index is 0.0484. The molecule has 0 fully saturated rings. The molecule has 0 aliphatic carbocycles. The van der Waals surface area contributed by atoms with E-state index in [1.165, 1.54) is 23.1 Å². The second-order valence-corrected chi connectivity index (χ2v) is 4.19. The fraction of sp³-hybridized carbons (Fsp3) is 0.333. The lowest BCUT2D eigenvalue weighted by Gasteiger charge is -2.26. The number of nitro benzene ring substituents is 1. The first kappa shape index (κ1) is 14.4. The van der Waals surface area contributed by atoms with Crippen molar-refractivity contribution in [2.45, 2.75) is 19.9 Å². The maximum atomic E-state index is 10.9. The fourth-order valence-corrected chi connectivity index (χ4v) is 1.66. The zero-order valence-electron chi connectivity index (χ0n) is 10.5. The molecule has 0 saturated carbocycles. The normalized spacial score (nSPS) is 10.0. The van der Waals surface area contributed by atoms with Gasteiger partial charge in [0.25, 0.3) is 5.69 Å². The Kier molecular flexibility index (Phi) is 4.42. The Bertz CT molecular complexity index is 548. The van der Waals surface area contributed by atoms with Crippen LogP contribution in [-0.4, -0.2) is 28.6 Å².